The molecule has 7 heteroatoms. The summed E-state index contributed by atoms with van der Waals surface area (Å²) < 4.78 is 0. The highest BCUT2D eigenvalue weighted by Gasteiger charge is 2.05. The van der Waals surface area contributed by atoms with Crippen LogP contribution in [0, 0.1) is 0 Å². The maximum atomic E-state index is 5.53. The minimum absolute atomic E-state index is 0.861. The van der Waals surface area contributed by atoms with Crippen LogP contribution < -0.4 is 21.7 Å². The third-order valence-corrected chi connectivity index (χ3v) is 8.16. The molecule has 0 saturated carbocycles. The molecule has 1 aliphatic rings. The summed E-state index contributed by atoms with van der Waals surface area (Å²) >= 11 is 0. The van der Waals surface area contributed by atoms with Crippen molar-refractivity contribution >= 4 is 21.6 Å². The highest BCUT2D eigenvalue weighted by atomic mass is 33.1. The van der Waals surface area contributed by atoms with Crippen molar-refractivity contribution in [2.45, 2.75) is 70.6 Å². The molecule has 1 rings (SSSR count). The smallest absolute Gasteiger partial charge is 0.0107 e. The molecule has 0 amide bonds. The maximum absolute atomic E-state index is 5.53. The lowest BCUT2D eigenvalue weighted by Gasteiger charge is -2.23. The van der Waals surface area contributed by atoms with Crippen LogP contribution in [0.2, 0.25) is 0 Å². The molecule has 1 fully saturated rings. The van der Waals surface area contributed by atoms with E-state index in [9.17, 15) is 0 Å². The molecule has 0 atom stereocenters. The molecule has 0 radical (unpaired) electrons. The second-order valence-electron chi connectivity index (χ2n) is 8.41. The second-order valence-corrected chi connectivity index (χ2v) is 11.1. The molecule has 1 heterocycles. The molecule has 0 bridgehead atoms. The van der Waals surface area contributed by atoms with Gasteiger partial charge in [0.05, 0.1) is 0 Å². The lowest BCUT2D eigenvalue weighted by Crippen LogP contribution is -2.37. The third-order valence-electron chi connectivity index (χ3n) is 5.59. The Morgan fingerprint density at radius 2 is 1.13 bits per heavy atom. The highest BCUT2D eigenvalue weighted by Crippen LogP contribution is 2.24. The standard InChI is InChI=1S/C23H51N5S2/c24-12-7-5-3-1-2-4-6-8-22-29-30-23-11-20-28-19-10-15-26-17-16-25-13-9-14-27-18-21-28/h25-27H,1-24H2. The topological polar surface area (TPSA) is 65.3 Å². The zero-order valence-electron chi connectivity index (χ0n) is 19.6. The van der Waals surface area contributed by atoms with Crippen LogP contribution in [0.1, 0.15) is 70.6 Å². The van der Waals surface area contributed by atoms with E-state index in [1.54, 1.807) is 0 Å². The normalized spacial score (nSPS) is 18.3. The van der Waals surface area contributed by atoms with Crippen molar-refractivity contribution in [3.05, 3.63) is 0 Å². The second kappa shape index (κ2) is 24.1. The predicted octanol–water partition coefficient (Wildman–Crippen LogP) is 3.70. The van der Waals surface area contributed by atoms with Crippen molar-refractivity contribution in [1.82, 2.24) is 20.9 Å². The summed E-state index contributed by atoms with van der Waals surface area (Å²) in [6.07, 6.45) is 14.8. The Kier molecular flexibility index (Phi) is 23.0. The summed E-state index contributed by atoms with van der Waals surface area (Å²) in [6.45, 7) is 11.2. The zero-order valence-corrected chi connectivity index (χ0v) is 21.2. The molecule has 0 unspecified atom stereocenters. The van der Waals surface area contributed by atoms with E-state index in [2.05, 4.69) is 42.4 Å². The fourth-order valence-electron chi connectivity index (χ4n) is 3.72. The van der Waals surface area contributed by atoms with Crippen LogP contribution in [0.4, 0.5) is 0 Å². The Hall–Kier alpha value is 0.500. The van der Waals surface area contributed by atoms with Crippen LogP contribution in [0.5, 0.6) is 0 Å². The van der Waals surface area contributed by atoms with Gasteiger partial charge in [-0.25, -0.2) is 0 Å². The first-order chi connectivity index (χ1) is 14.9. The Bertz CT molecular complexity index is 323. The summed E-state index contributed by atoms with van der Waals surface area (Å²) in [6, 6.07) is 0. The summed E-state index contributed by atoms with van der Waals surface area (Å²) in [5, 5.41) is 10.7. The van der Waals surface area contributed by atoms with Crippen LogP contribution in [-0.2, 0) is 0 Å². The molecule has 5 N–H and O–H groups in total. The summed E-state index contributed by atoms with van der Waals surface area (Å²) in [5.74, 6) is 2.62. The number of unbranched alkanes of at least 4 members (excludes halogenated alkanes) is 7. The molecular formula is C23H51N5S2. The number of rotatable bonds is 15. The van der Waals surface area contributed by atoms with Crippen LogP contribution in [0.3, 0.4) is 0 Å². The van der Waals surface area contributed by atoms with Crippen molar-refractivity contribution in [3.8, 4) is 0 Å². The monoisotopic (exact) mass is 461 g/mol. The van der Waals surface area contributed by atoms with Gasteiger partial charge in [0.15, 0.2) is 0 Å². The Labute approximate surface area is 195 Å². The number of nitrogens with one attached hydrogen (secondary N) is 3. The lowest BCUT2D eigenvalue weighted by molar-refractivity contribution is 0.269. The minimum Gasteiger partial charge on any atom is -0.330 e. The van der Waals surface area contributed by atoms with Gasteiger partial charge in [-0.05, 0) is 71.4 Å². The van der Waals surface area contributed by atoms with E-state index in [4.69, 9.17) is 5.73 Å². The van der Waals surface area contributed by atoms with Gasteiger partial charge in [-0.1, -0.05) is 60.1 Å². The van der Waals surface area contributed by atoms with Gasteiger partial charge in [-0.3, -0.25) is 0 Å². The Balaban J connectivity index is 1.92. The van der Waals surface area contributed by atoms with Crippen LogP contribution in [0.25, 0.3) is 0 Å². The number of hydrogen-bond acceptors (Lipinski definition) is 7. The van der Waals surface area contributed by atoms with E-state index < -0.39 is 0 Å². The first-order valence-electron chi connectivity index (χ1n) is 12.7. The van der Waals surface area contributed by atoms with E-state index in [-0.39, 0.29) is 0 Å². The molecule has 0 aromatic heterocycles. The van der Waals surface area contributed by atoms with Crippen LogP contribution in [-0.4, -0.2) is 81.9 Å². The fraction of sp³-hybridized carbons (Fsp3) is 1.00. The summed E-state index contributed by atoms with van der Waals surface area (Å²) in [4.78, 5) is 2.66. The van der Waals surface area contributed by atoms with Gasteiger partial charge < -0.3 is 26.6 Å². The van der Waals surface area contributed by atoms with Gasteiger partial charge in [0, 0.05) is 37.7 Å². The van der Waals surface area contributed by atoms with Gasteiger partial charge in [-0.2, -0.15) is 0 Å². The summed E-state index contributed by atoms with van der Waals surface area (Å²) in [5.41, 5.74) is 5.53. The van der Waals surface area contributed by atoms with Crippen molar-refractivity contribution < 1.29 is 0 Å². The van der Waals surface area contributed by atoms with Crippen molar-refractivity contribution in [1.29, 1.82) is 0 Å². The Morgan fingerprint density at radius 1 is 0.567 bits per heavy atom. The molecule has 0 spiro atoms. The zero-order chi connectivity index (χ0) is 21.4. The molecule has 1 aliphatic heterocycles. The number of nitrogens with zero attached hydrogens (tertiary/aromatic N) is 1. The number of hydrogen-bond donors (Lipinski definition) is 4. The van der Waals surface area contributed by atoms with Crippen LogP contribution in [0.15, 0.2) is 0 Å². The number of nitrogens with two attached hydrogens (primary N) is 1. The molecule has 0 aliphatic carbocycles. The highest BCUT2D eigenvalue weighted by molar-refractivity contribution is 8.76. The average Bonchev–Trinajstić information content (AvgIpc) is 2.76. The molecule has 5 nitrogen and oxygen atoms in total. The molecule has 1 saturated heterocycles. The lowest BCUT2D eigenvalue weighted by atomic mass is 10.1. The molecule has 0 aromatic carbocycles. The third kappa shape index (κ3) is 20.4. The van der Waals surface area contributed by atoms with E-state index in [0.717, 1.165) is 45.8 Å². The first kappa shape index (κ1) is 28.5. The van der Waals surface area contributed by atoms with Gasteiger partial charge in [-0.15, -0.1) is 0 Å². The summed E-state index contributed by atoms with van der Waals surface area (Å²) in [7, 11) is 4.18. The predicted molar refractivity (Wildman–Crippen MR) is 140 cm³/mol. The molecule has 0 aromatic rings. The van der Waals surface area contributed by atoms with Gasteiger partial charge >= 0.3 is 0 Å². The SMILES string of the molecule is NCCCCCCCCCCSSCCCN1CCCNCCNCCCNCC1. The van der Waals surface area contributed by atoms with E-state index in [1.165, 1.54) is 102 Å². The van der Waals surface area contributed by atoms with Crippen molar-refractivity contribution in [2.24, 2.45) is 5.73 Å². The van der Waals surface area contributed by atoms with E-state index in [0.29, 0.717) is 0 Å². The maximum Gasteiger partial charge on any atom is 0.0107 e. The fourth-order valence-corrected chi connectivity index (χ4v) is 5.94. The van der Waals surface area contributed by atoms with Crippen molar-refractivity contribution in [2.75, 3.05) is 77.0 Å². The van der Waals surface area contributed by atoms with Gasteiger partial charge in [0.25, 0.3) is 0 Å². The quantitative estimate of drug-likeness (QED) is 0.219. The Morgan fingerprint density at radius 3 is 1.83 bits per heavy atom. The van der Waals surface area contributed by atoms with Gasteiger partial charge in [0.1, 0.15) is 0 Å². The molecular weight excluding hydrogens is 410 g/mol. The minimum atomic E-state index is 0.861. The van der Waals surface area contributed by atoms with Crippen LogP contribution >= 0.6 is 21.6 Å². The van der Waals surface area contributed by atoms with Gasteiger partial charge in [0.2, 0.25) is 0 Å². The van der Waals surface area contributed by atoms with E-state index in [1.807, 2.05) is 0 Å². The largest absolute Gasteiger partial charge is 0.330 e. The average molecular weight is 462 g/mol. The van der Waals surface area contributed by atoms with Crippen molar-refractivity contribution in [3.63, 3.8) is 0 Å². The molecule has 30 heavy (non-hydrogen) atoms. The van der Waals surface area contributed by atoms with E-state index >= 15 is 0 Å². The first-order valence-corrected chi connectivity index (χ1v) is 15.2. The molecule has 180 valence electrons.